The number of likely N-dealkylation sites (N-methyl/N-ethyl adjacent to an activating group) is 1. The first-order valence-electron chi connectivity index (χ1n) is 7.37. The number of fused-ring (bicyclic) bond motifs is 2. The zero-order valence-electron chi connectivity index (χ0n) is 12.4. The summed E-state index contributed by atoms with van der Waals surface area (Å²) in [6.45, 7) is 4.41. The molecule has 1 unspecified atom stereocenters. The van der Waals surface area contributed by atoms with E-state index in [0.29, 0.717) is 0 Å². The Morgan fingerprint density at radius 2 is 2.05 bits per heavy atom. The van der Waals surface area contributed by atoms with Gasteiger partial charge in [0, 0.05) is 23.9 Å². The van der Waals surface area contributed by atoms with E-state index in [1.54, 1.807) is 0 Å². The topological polar surface area (TPSA) is 31.9 Å². The molecule has 0 saturated carbocycles. The van der Waals surface area contributed by atoms with Gasteiger partial charge in [0.25, 0.3) is 0 Å². The third-order valence-electron chi connectivity index (χ3n) is 4.72. The van der Waals surface area contributed by atoms with Gasteiger partial charge in [0.2, 0.25) is 0 Å². The number of hydrogen-bond donors (Lipinski definition) is 1. The molecule has 3 heteroatoms. The number of nitrogens with zero attached hydrogens (tertiary/aromatic N) is 2. The summed E-state index contributed by atoms with van der Waals surface area (Å²) < 4.78 is 0. The zero-order valence-corrected chi connectivity index (χ0v) is 12.4. The molecule has 106 valence electrons. The molecular weight excluding hydrogens is 258 g/mol. The highest BCUT2D eigenvalue weighted by Crippen LogP contribution is 2.39. The predicted molar refractivity (Wildman–Crippen MR) is 85.3 cm³/mol. The molecule has 1 aliphatic rings. The van der Waals surface area contributed by atoms with Gasteiger partial charge in [-0.15, -0.1) is 0 Å². The van der Waals surface area contributed by atoms with E-state index in [9.17, 15) is 0 Å². The van der Waals surface area contributed by atoms with Gasteiger partial charge in [0.15, 0.2) is 0 Å². The average molecular weight is 277 g/mol. The van der Waals surface area contributed by atoms with Crippen LogP contribution in [0, 0.1) is 0 Å². The van der Waals surface area contributed by atoms with Crippen LogP contribution in [-0.4, -0.2) is 28.7 Å². The highest BCUT2D eigenvalue weighted by molar-refractivity contribution is 5.79. The number of aromatic amines is 1. The Hall–Kier alpha value is -2.13. The summed E-state index contributed by atoms with van der Waals surface area (Å²) in [6.07, 6.45) is 1.90. The van der Waals surface area contributed by atoms with Crippen LogP contribution in [0.25, 0.3) is 10.9 Å². The van der Waals surface area contributed by atoms with Crippen LogP contribution < -0.4 is 0 Å². The van der Waals surface area contributed by atoms with Gasteiger partial charge in [-0.2, -0.15) is 5.10 Å². The molecule has 0 radical (unpaired) electrons. The van der Waals surface area contributed by atoms with Crippen LogP contribution in [0.1, 0.15) is 23.6 Å². The standard InChI is InChI=1S/C18H19N3/c1-18(15-7-8-17-14(9-15)10-19-20-17)12-21(2)11-13-5-3-4-6-16(13)18/h3-10H,11-12H2,1-2H3,(H,19,20). The van der Waals surface area contributed by atoms with Gasteiger partial charge in [-0.05, 0) is 35.9 Å². The van der Waals surface area contributed by atoms with E-state index in [1.807, 2.05) is 6.20 Å². The van der Waals surface area contributed by atoms with E-state index in [1.165, 1.54) is 22.1 Å². The minimum Gasteiger partial charge on any atom is -0.301 e. The minimum absolute atomic E-state index is 0.0229. The summed E-state index contributed by atoms with van der Waals surface area (Å²) in [5.74, 6) is 0. The SMILES string of the molecule is CN1Cc2ccccc2C(C)(c2ccc3[nH]ncc3c2)C1. The van der Waals surface area contributed by atoms with E-state index in [2.05, 4.69) is 71.5 Å². The van der Waals surface area contributed by atoms with Gasteiger partial charge in [-0.25, -0.2) is 0 Å². The van der Waals surface area contributed by atoms with E-state index < -0.39 is 0 Å². The van der Waals surface area contributed by atoms with Crippen LogP contribution in [0.2, 0.25) is 0 Å². The fourth-order valence-electron chi connectivity index (χ4n) is 3.70. The van der Waals surface area contributed by atoms with Gasteiger partial charge in [0.1, 0.15) is 0 Å². The second-order valence-electron chi connectivity index (χ2n) is 6.33. The lowest BCUT2D eigenvalue weighted by molar-refractivity contribution is 0.248. The monoisotopic (exact) mass is 277 g/mol. The van der Waals surface area contributed by atoms with Crippen LogP contribution in [0.15, 0.2) is 48.7 Å². The Bertz CT molecular complexity index is 805. The van der Waals surface area contributed by atoms with Crippen molar-refractivity contribution in [2.75, 3.05) is 13.6 Å². The van der Waals surface area contributed by atoms with Crippen molar-refractivity contribution in [2.24, 2.45) is 0 Å². The fraction of sp³-hybridized carbons (Fsp3) is 0.278. The zero-order chi connectivity index (χ0) is 14.4. The van der Waals surface area contributed by atoms with Crippen LogP contribution in [-0.2, 0) is 12.0 Å². The molecule has 3 aromatic rings. The molecule has 4 rings (SSSR count). The molecule has 1 aromatic heterocycles. The first kappa shape index (κ1) is 12.6. The molecule has 0 bridgehead atoms. The first-order valence-corrected chi connectivity index (χ1v) is 7.37. The molecule has 0 fully saturated rings. The molecule has 0 saturated heterocycles. The maximum atomic E-state index is 4.13. The lowest BCUT2D eigenvalue weighted by atomic mass is 9.72. The maximum Gasteiger partial charge on any atom is 0.0650 e. The molecule has 3 nitrogen and oxygen atoms in total. The summed E-state index contributed by atoms with van der Waals surface area (Å²) >= 11 is 0. The summed E-state index contributed by atoms with van der Waals surface area (Å²) in [6, 6.07) is 15.5. The predicted octanol–water partition coefficient (Wildman–Crippen LogP) is 3.31. The van der Waals surface area contributed by atoms with E-state index in [4.69, 9.17) is 0 Å². The Morgan fingerprint density at radius 1 is 1.19 bits per heavy atom. The number of hydrogen-bond acceptors (Lipinski definition) is 2. The van der Waals surface area contributed by atoms with Crippen molar-refractivity contribution < 1.29 is 0 Å². The molecule has 1 atom stereocenters. The minimum atomic E-state index is 0.0229. The molecule has 2 aromatic carbocycles. The molecule has 1 aliphatic heterocycles. The van der Waals surface area contributed by atoms with Crippen LogP contribution in [0.5, 0.6) is 0 Å². The molecular formula is C18H19N3. The third kappa shape index (κ3) is 1.88. The number of benzene rings is 2. The summed E-state index contributed by atoms with van der Waals surface area (Å²) in [7, 11) is 2.20. The van der Waals surface area contributed by atoms with Crippen LogP contribution in [0.3, 0.4) is 0 Å². The molecule has 2 heterocycles. The molecule has 1 N–H and O–H groups in total. The quantitative estimate of drug-likeness (QED) is 0.740. The van der Waals surface area contributed by atoms with Crippen molar-refractivity contribution >= 4 is 10.9 Å². The summed E-state index contributed by atoms with van der Waals surface area (Å²) in [5.41, 5.74) is 5.36. The Morgan fingerprint density at radius 3 is 2.95 bits per heavy atom. The number of nitrogens with one attached hydrogen (secondary N) is 1. The molecule has 21 heavy (non-hydrogen) atoms. The van der Waals surface area contributed by atoms with Crippen molar-refractivity contribution in [3.63, 3.8) is 0 Å². The number of rotatable bonds is 1. The van der Waals surface area contributed by atoms with Gasteiger partial charge in [-0.3, -0.25) is 5.10 Å². The van der Waals surface area contributed by atoms with Crippen molar-refractivity contribution in [2.45, 2.75) is 18.9 Å². The Kier molecular flexibility index (Phi) is 2.66. The number of H-pyrrole nitrogens is 1. The third-order valence-corrected chi connectivity index (χ3v) is 4.72. The van der Waals surface area contributed by atoms with E-state index in [-0.39, 0.29) is 5.41 Å². The second-order valence-corrected chi connectivity index (χ2v) is 6.33. The lowest BCUT2D eigenvalue weighted by Gasteiger charge is -2.41. The van der Waals surface area contributed by atoms with Crippen molar-refractivity contribution in [1.29, 1.82) is 0 Å². The van der Waals surface area contributed by atoms with Crippen molar-refractivity contribution in [3.05, 3.63) is 65.4 Å². The van der Waals surface area contributed by atoms with Crippen LogP contribution >= 0.6 is 0 Å². The van der Waals surface area contributed by atoms with E-state index >= 15 is 0 Å². The molecule has 0 aliphatic carbocycles. The number of aromatic nitrogens is 2. The van der Waals surface area contributed by atoms with Crippen molar-refractivity contribution in [1.82, 2.24) is 15.1 Å². The van der Waals surface area contributed by atoms with Gasteiger partial charge >= 0.3 is 0 Å². The van der Waals surface area contributed by atoms with Crippen molar-refractivity contribution in [3.8, 4) is 0 Å². The van der Waals surface area contributed by atoms with E-state index in [0.717, 1.165) is 18.6 Å². The molecule has 0 amide bonds. The van der Waals surface area contributed by atoms with Gasteiger partial charge in [0.05, 0.1) is 11.7 Å². The second kappa shape index (κ2) is 4.43. The Labute approximate surface area is 124 Å². The van der Waals surface area contributed by atoms with Crippen LogP contribution in [0.4, 0.5) is 0 Å². The normalized spacial score (nSPS) is 22.4. The smallest absolute Gasteiger partial charge is 0.0650 e. The summed E-state index contributed by atoms with van der Waals surface area (Å²) in [4.78, 5) is 2.40. The maximum absolute atomic E-state index is 4.13. The fourth-order valence-corrected chi connectivity index (χ4v) is 3.70. The largest absolute Gasteiger partial charge is 0.301 e. The lowest BCUT2D eigenvalue weighted by Crippen LogP contribution is -2.42. The average Bonchev–Trinajstić information content (AvgIpc) is 2.94. The molecule has 0 spiro atoms. The summed E-state index contributed by atoms with van der Waals surface area (Å²) in [5, 5.41) is 8.34. The first-order chi connectivity index (χ1) is 10.2. The highest BCUT2D eigenvalue weighted by Gasteiger charge is 2.35. The van der Waals surface area contributed by atoms with Gasteiger partial charge in [-0.1, -0.05) is 37.3 Å². The highest BCUT2D eigenvalue weighted by atomic mass is 15.1. The Balaban J connectivity index is 1.92. The van der Waals surface area contributed by atoms with Gasteiger partial charge < -0.3 is 4.90 Å².